The summed E-state index contributed by atoms with van der Waals surface area (Å²) < 4.78 is 28.7. The van der Waals surface area contributed by atoms with Crippen molar-refractivity contribution in [3.05, 3.63) is 109 Å². The lowest BCUT2D eigenvalue weighted by Crippen LogP contribution is -2.46. The van der Waals surface area contributed by atoms with Crippen LogP contribution in [0.15, 0.2) is 103 Å². The van der Waals surface area contributed by atoms with Gasteiger partial charge in [-0.1, -0.05) is 55.1 Å². The van der Waals surface area contributed by atoms with Crippen molar-refractivity contribution in [3.63, 3.8) is 0 Å². The Morgan fingerprint density at radius 2 is 1.74 bits per heavy atom. The number of fused-ring (bicyclic) bond motifs is 1. The largest absolute Gasteiger partial charge is 0.430 e. The number of amides is 1. The van der Waals surface area contributed by atoms with Crippen LogP contribution in [0.2, 0.25) is 0 Å². The third-order valence-electron chi connectivity index (χ3n) is 6.46. The van der Waals surface area contributed by atoms with Crippen LogP contribution in [-0.2, 0) is 20.8 Å². The van der Waals surface area contributed by atoms with Gasteiger partial charge in [0.25, 0.3) is 0 Å². The molecule has 0 radical (unpaired) electrons. The lowest BCUT2D eigenvalue weighted by Gasteiger charge is -2.34. The van der Waals surface area contributed by atoms with Crippen LogP contribution >= 0.6 is 0 Å². The maximum absolute atomic E-state index is 13.0. The molecule has 0 saturated heterocycles. The van der Waals surface area contributed by atoms with E-state index < -0.39 is 21.8 Å². The van der Waals surface area contributed by atoms with E-state index in [-0.39, 0.29) is 0 Å². The molecule has 1 amide bonds. The second kappa shape index (κ2) is 12.0. The number of nitrogens with zero attached hydrogens (tertiary/aromatic N) is 5. The standard InChI is InChI=1S/C32H30N6O4S/c1-5-43(40,41)42-31(39)38(32(2,3)4)25-18-23(19-33-21-25)29-36-27-16-11-15-26(22-12-7-6-8-13-22)28(27)30(37-29)35-20-24-14-9-10-17-34-24/h5-19,21H,1,20H2,2-4H3,(H,35,36,37). The molecule has 0 unspecified atom stereocenters. The normalized spacial score (nSPS) is 11.6. The second-order valence-electron chi connectivity index (χ2n) is 10.6. The molecule has 11 heteroatoms. The fourth-order valence-electron chi connectivity index (χ4n) is 4.58. The Balaban J connectivity index is 1.63. The second-order valence-corrected chi connectivity index (χ2v) is 12.1. The fraction of sp³-hybridized carbons (Fsp3) is 0.156. The Morgan fingerprint density at radius 3 is 2.44 bits per heavy atom. The molecule has 218 valence electrons. The number of hydrogen-bond donors (Lipinski definition) is 1. The molecule has 5 aromatic rings. The Labute approximate surface area is 250 Å². The van der Waals surface area contributed by atoms with Gasteiger partial charge in [0, 0.05) is 23.5 Å². The van der Waals surface area contributed by atoms with E-state index in [0.717, 1.165) is 22.2 Å². The van der Waals surface area contributed by atoms with Gasteiger partial charge in [0.2, 0.25) is 0 Å². The molecule has 1 N–H and O–H groups in total. The van der Waals surface area contributed by atoms with E-state index in [1.54, 1.807) is 39.2 Å². The van der Waals surface area contributed by atoms with Crippen LogP contribution in [0.4, 0.5) is 16.3 Å². The molecule has 5 rings (SSSR count). The summed E-state index contributed by atoms with van der Waals surface area (Å²) in [5.41, 5.74) is 3.47. The lowest BCUT2D eigenvalue weighted by atomic mass is 10.0. The van der Waals surface area contributed by atoms with Gasteiger partial charge in [-0.15, -0.1) is 0 Å². The number of carbonyl (C=O) groups is 1. The summed E-state index contributed by atoms with van der Waals surface area (Å²) in [7, 11) is -4.27. The molecule has 0 saturated carbocycles. The van der Waals surface area contributed by atoms with E-state index in [1.807, 2.05) is 66.7 Å². The van der Waals surface area contributed by atoms with Crippen molar-refractivity contribution in [2.75, 3.05) is 10.2 Å². The van der Waals surface area contributed by atoms with E-state index in [1.165, 1.54) is 11.1 Å². The predicted molar refractivity (Wildman–Crippen MR) is 168 cm³/mol. The number of rotatable bonds is 8. The van der Waals surface area contributed by atoms with Gasteiger partial charge in [-0.3, -0.25) is 14.9 Å². The van der Waals surface area contributed by atoms with Crippen molar-refractivity contribution < 1.29 is 17.4 Å². The van der Waals surface area contributed by atoms with Crippen LogP contribution in [-0.4, -0.2) is 40.0 Å². The molecule has 3 heterocycles. The Bertz CT molecular complexity index is 1890. The number of aromatic nitrogens is 4. The summed E-state index contributed by atoms with van der Waals surface area (Å²) in [5, 5.41) is 4.86. The molecule has 0 fully saturated rings. The summed E-state index contributed by atoms with van der Waals surface area (Å²) in [6.07, 6.45) is 3.68. The first-order valence-electron chi connectivity index (χ1n) is 13.4. The van der Waals surface area contributed by atoms with Crippen LogP contribution in [0.25, 0.3) is 33.4 Å². The minimum absolute atomic E-state index is 0.305. The monoisotopic (exact) mass is 594 g/mol. The number of anilines is 2. The van der Waals surface area contributed by atoms with E-state index in [0.29, 0.717) is 40.4 Å². The summed E-state index contributed by atoms with van der Waals surface area (Å²) in [6.45, 7) is 8.88. The van der Waals surface area contributed by atoms with Crippen LogP contribution in [0, 0.1) is 0 Å². The molecule has 43 heavy (non-hydrogen) atoms. The Kier molecular flexibility index (Phi) is 8.18. The first-order valence-corrected chi connectivity index (χ1v) is 14.9. The van der Waals surface area contributed by atoms with Gasteiger partial charge in [-0.25, -0.2) is 14.8 Å². The van der Waals surface area contributed by atoms with Crippen molar-refractivity contribution in [1.29, 1.82) is 0 Å². The SMILES string of the molecule is C=CS(=O)(=O)OC(=O)N(c1cncc(-c2nc(NCc3ccccn3)c3c(-c4ccccc4)cccc3n2)c1)C(C)(C)C. The molecule has 0 atom stereocenters. The van der Waals surface area contributed by atoms with Crippen molar-refractivity contribution in [2.45, 2.75) is 32.9 Å². The highest BCUT2D eigenvalue weighted by Gasteiger charge is 2.32. The van der Waals surface area contributed by atoms with E-state index >= 15 is 0 Å². The summed E-state index contributed by atoms with van der Waals surface area (Å²) in [6, 6.07) is 23.3. The molecule has 3 aromatic heterocycles. The number of nitrogens with one attached hydrogen (secondary N) is 1. The third-order valence-corrected chi connectivity index (χ3v) is 7.24. The number of benzene rings is 2. The molecule has 0 spiro atoms. The van der Waals surface area contributed by atoms with Crippen LogP contribution < -0.4 is 10.2 Å². The quantitative estimate of drug-likeness (QED) is 0.198. The zero-order valence-electron chi connectivity index (χ0n) is 23.9. The van der Waals surface area contributed by atoms with Gasteiger partial charge in [-0.05, 0) is 56.2 Å². The number of carbonyl (C=O) groups excluding carboxylic acids is 1. The van der Waals surface area contributed by atoms with Crippen molar-refractivity contribution >= 4 is 38.6 Å². The van der Waals surface area contributed by atoms with Crippen molar-refractivity contribution in [3.8, 4) is 22.5 Å². The van der Waals surface area contributed by atoms with Gasteiger partial charge in [0.05, 0.1) is 40.4 Å². The van der Waals surface area contributed by atoms with Gasteiger partial charge in [-0.2, -0.15) is 8.42 Å². The maximum Gasteiger partial charge on any atom is 0.430 e. The highest BCUT2D eigenvalue weighted by Crippen LogP contribution is 2.35. The topological polar surface area (TPSA) is 127 Å². The zero-order valence-corrected chi connectivity index (χ0v) is 24.7. The molecule has 0 aliphatic heterocycles. The molecule has 0 bridgehead atoms. The van der Waals surface area contributed by atoms with E-state index in [9.17, 15) is 13.2 Å². The smallest absolute Gasteiger partial charge is 0.364 e. The predicted octanol–water partition coefficient (Wildman–Crippen LogP) is 6.58. The van der Waals surface area contributed by atoms with Gasteiger partial charge >= 0.3 is 16.2 Å². The first-order chi connectivity index (χ1) is 20.6. The summed E-state index contributed by atoms with van der Waals surface area (Å²) >= 11 is 0. The molecular weight excluding hydrogens is 564 g/mol. The minimum Gasteiger partial charge on any atom is -0.364 e. The van der Waals surface area contributed by atoms with Crippen molar-refractivity contribution in [1.82, 2.24) is 19.9 Å². The van der Waals surface area contributed by atoms with E-state index in [2.05, 4.69) is 21.9 Å². The third kappa shape index (κ3) is 6.68. The number of hydrogen-bond acceptors (Lipinski definition) is 9. The van der Waals surface area contributed by atoms with E-state index in [4.69, 9.17) is 14.2 Å². The van der Waals surface area contributed by atoms with Gasteiger partial charge < -0.3 is 9.50 Å². The molecular formula is C32H30N6O4S. The highest BCUT2D eigenvalue weighted by atomic mass is 32.2. The Hall–Kier alpha value is -5.16. The summed E-state index contributed by atoms with van der Waals surface area (Å²) in [5.74, 6) is 0.955. The highest BCUT2D eigenvalue weighted by molar-refractivity contribution is 7.90. The van der Waals surface area contributed by atoms with Crippen LogP contribution in [0.3, 0.4) is 0 Å². The fourth-order valence-corrected chi connectivity index (χ4v) is 4.93. The number of pyridine rings is 2. The average Bonchev–Trinajstić information content (AvgIpc) is 2.99. The van der Waals surface area contributed by atoms with Crippen LogP contribution in [0.1, 0.15) is 26.5 Å². The molecule has 2 aromatic carbocycles. The molecule has 0 aliphatic carbocycles. The Morgan fingerprint density at radius 1 is 0.977 bits per heavy atom. The first kappa shape index (κ1) is 29.3. The zero-order chi connectivity index (χ0) is 30.6. The van der Waals surface area contributed by atoms with Gasteiger partial charge in [0.15, 0.2) is 5.82 Å². The lowest BCUT2D eigenvalue weighted by molar-refractivity contribution is 0.204. The molecule has 10 nitrogen and oxygen atoms in total. The minimum atomic E-state index is -4.27. The maximum atomic E-state index is 13.0. The van der Waals surface area contributed by atoms with Crippen LogP contribution in [0.5, 0.6) is 0 Å². The average molecular weight is 595 g/mol. The van der Waals surface area contributed by atoms with Gasteiger partial charge in [0.1, 0.15) is 5.82 Å². The summed E-state index contributed by atoms with van der Waals surface area (Å²) in [4.78, 5) is 32.8. The van der Waals surface area contributed by atoms with Crippen molar-refractivity contribution in [2.24, 2.45) is 0 Å². The molecule has 0 aliphatic rings.